The number of benzene rings is 2. The molecule has 146 valence electrons. The summed E-state index contributed by atoms with van der Waals surface area (Å²) in [6.07, 6.45) is -1.11. The van der Waals surface area contributed by atoms with Crippen LogP contribution in [0.4, 0.5) is 0 Å². The van der Waals surface area contributed by atoms with Crippen molar-refractivity contribution in [1.29, 1.82) is 0 Å². The highest BCUT2D eigenvalue weighted by Crippen LogP contribution is 2.18. The lowest BCUT2D eigenvalue weighted by molar-refractivity contribution is -0.154. The number of hydrogen-bond acceptors (Lipinski definition) is 5. The van der Waals surface area contributed by atoms with Crippen LogP contribution in [-0.4, -0.2) is 39.0 Å². The van der Waals surface area contributed by atoms with Crippen molar-refractivity contribution in [1.82, 2.24) is 10.0 Å². The third-order valence-corrected chi connectivity index (χ3v) is 5.22. The monoisotopic (exact) mass is 392 g/mol. The molecule has 0 bridgehead atoms. The molecule has 0 fully saturated rings. The highest BCUT2D eigenvalue weighted by molar-refractivity contribution is 7.89. The molecule has 7 nitrogen and oxygen atoms in total. The summed E-state index contributed by atoms with van der Waals surface area (Å²) in [6.45, 7) is 4.95. The van der Waals surface area contributed by atoms with Crippen molar-refractivity contribution in [2.24, 2.45) is 0 Å². The van der Waals surface area contributed by atoms with Gasteiger partial charge in [-0.2, -0.15) is 0 Å². The van der Waals surface area contributed by atoms with Gasteiger partial charge >= 0.3 is 5.97 Å². The number of nitrogens with one attached hydrogen (secondary N) is 2. The summed E-state index contributed by atoms with van der Waals surface area (Å²) >= 11 is 0. The van der Waals surface area contributed by atoms with Crippen LogP contribution in [0.25, 0.3) is 10.8 Å². The van der Waals surface area contributed by atoms with E-state index in [4.69, 9.17) is 4.74 Å². The van der Waals surface area contributed by atoms with Crippen molar-refractivity contribution in [2.45, 2.75) is 44.2 Å². The second kappa shape index (κ2) is 8.96. The Morgan fingerprint density at radius 2 is 1.70 bits per heavy atom. The van der Waals surface area contributed by atoms with Gasteiger partial charge in [-0.05, 0) is 43.7 Å². The first-order chi connectivity index (χ1) is 12.7. The maximum absolute atomic E-state index is 12.4. The Hall–Kier alpha value is -2.45. The molecule has 0 saturated heterocycles. The molecule has 2 rings (SSSR count). The van der Waals surface area contributed by atoms with Gasteiger partial charge in [-0.25, -0.2) is 13.1 Å². The fraction of sp³-hybridized carbons (Fsp3) is 0.368. The molecule has 0 spiro atoms. The molecule has 2 N–H and O–H groups in total. The standard InChI is InChI=1S/C19H24N2O5S/c1-13(2)21-19(23)14(3)26-18(22)10-11-20-27(24,25)17-9-8-15-6-4-5-7-16(15)12-17/h4-9,12-14,20H,10-11H2,1-3H3,(H,21,23). The van der Waals surface area contributed by atoms with Gasteiger partial charge in [-0.15, -0.1) is 0 Å². The molecule has 27 heavy (non-hydrogen) atoms. The predicted octanol–water partition coefficient (Wildman–Crippen LogP) is 1.96. The molecule has 2 aromatic carbocycles. The predicted molar refractivity (Wildman–Crippen MR) is 103 cm³/mol. The van der Waals surface area contributed by atoms with Crippen LogP contribution in [0.5, 0.6) is 0 Å². The number of sulfonamides is 1. The molecule has 8 heteroatoms. The minimum absolute atomic E-state index is 0.0626. The maximum Gasteiger partial charge on any atom is 0.307 e. The van der Waals surface area contributed by atoms with E-state index >= 15 is 0 Å². The lowest BCUT2D eigenvalue weighted by Crippen LogP contribution is -2.39. The second-order valence-corrected chi connectivity index (χ2v) is 8.22. The van der Waals surface area contributed by atoms with Crippen LogP contribution < -0.4 is 10.0 Å². The van der Waals surface area contributed by atoms with E-state index in [1.807, 2.05) is 24.3 Å². The van der Waals surface area contributed by atoms with Gasteiger partial charge < -0.3 is 10.1 Å². The Kier molecular flexibility index (Phi) is 6.92. The fourth-order valence-electron chi connectivity index (χ4n) is 2.42. The molecule has 0 heterocycles. The quantitative estimate of drug-likeness (QED) is 0.669. The van der Waals surface area contributed by atoms with Gasteiger partial charge in [0, 0.05) is 12.6 Å². The first-order valence-corrected chi connectivity index (χ1v) is 10.2. The van der Waals surface area contributed by atoms with Crippen molar-refractivity contribution >= 4 is 32.7 Å². The van der Waals surface area contributed by atoms with E-state index in [0.717, 1.165) is 10.8 Å². The molecular formula is C19H24N2O5S. The highest BCUT2D eigenvalue weighted by atomic mass is 32.2. The Morgan fingerprint density at radius 3 is 2.37 bits per heavy atom. The highest BCUT2D eigenvalue weighted by Gasteiger charge is 2.19. The molecule has 0 aliphatic rings. The maximum atomic E-state index is 12.4. The first kappa shape index (κ1) is 20.9. The fourth-order valence-corrected chi connectivity index (χ4v) is 3.48. The van der Waals surface area contributed by atoms with E-state index in [0.29, 0.717) is 0 Å². The number of hydrogen-bond donors (Lipinski definition) is 2. The summed E-state index contributed by atoms with van der Waals surface area (Å²) in [5.74, 6) is -1.04. The van der Waals surface area contributed by atoms with Gasteiger partial charge in [-0.3, -0.25) is 9.59 Å². The summed E-state index contributed by atoms with van der Waals surface area (Å²) in [5, 5.41) is 4.39. The first-order valence-electron chi connectivity index (χ1n) is 8.67. The molecule has 1 atom stereocenters. The molecule has 1 amide bonds. The average Bonchev–Trinajstić information content (AvgIpc) is 2.60. The van der Waals surface area contributed by atoms with E-state index in [2.05, 4.69) is 10.0 Å². The third kappa shape index (κ3) is 6.04. The zero-order valence-corrected chi connectivity index (χ0v) is 16.4. The van der Waals surface area contributed by atoms with Gasteiger partial charge in [0.1, 0.15) is 0 Å². The van der Waals surface area contributed by atoms with Crippen LogP contribution in [0.1, 0.15) is 27.2 Å². The average molecular weight is 392 g/mol. The number of rotatable bonds is 8. The van der Waals surface area contributed by atoms with Crippen LogP contribution in [-0.2, 0) is 24.3 Å². The molecule has 0 aromatic heterocycles. The SMILES string of the molecule is CC(C)NC(=O)C(C)OC(=O)CCNS(=O)(=O)c1ccc2ccccc2c1. The summed E-state index contributed by atoms with van der Waals surface area (Å²) in [7, 11) is -3.75. The zero-order valence-electron chi connectivity index (χ0n) is 15.6. The summed E-state index contributed by atoms with van der Waals surface area (Å²) in [5.41, 5.74) is 0. The van der Waals surface area contributed by atoms with E-state index in [-0.39, 0.29) is 23.9 Å². The molecular weight excluding hydrogens is 368 g/mol. The van der Waals surface area contributed by atoms with Crippen molar-refractivity contribution in [3.05, 3.63) is 42.5 Å². The Labute approximate surface area is 159 Å². The molecule has 0 radical (unpaired) electrons. The van der Waals surface area contributed by atoms with Gasteiger partial charge in [0.2, 0.25) is 10.0 Å². The Morgan fingerprint density at radius 1 is 1.04 bits per heavy atom. The lowest BCUT2D eigenvalue weighted by Gasteiger charge is -2.15. The number of fused-ring (bicyclic) bond motifs is 1. The summed E-state index contributed by atoms with van der Waals surface area (Å²) in [4.78, 5) is 23.6. The topological polar surface area (TPSA) is 102 Å². The second-order valence-electron chi connectivity index (χ2n) is 6.45. The van der Waals surface area contributed by atoms with Crippen LogP contribution >= 0.6 is 0 Å². The van der Waals surface area contributed by atoms with Crippen molar-refractivity contribution in [2.75, 3.05) is 6.54 Å². The molecule has 0 saturated carbocycles. The normalized spacial score (nSPS) is 12.7. The zero-order chi connectivity index (χ0) is 20.0. The minimum atomic E-state index is -3.75. The number of carbonyl (C=O) groups excluding carboxylic acids is 2. The number of carbonyl (C=O) groups is 2. The van der Waals surface area contributed by atoms with E-state index in [1.165, 1.54) is 13.0 Å². The minimum Gasteiger partial charge on any atom is -0.453 e. The Balaban J connectivity index is 1.89. The van der Waals surface area contributed by atoms with Crippen molar-refractivity contribution in [3.8, 4) is 0 Å². The van der Waals surface area contributed by atoms with Gasteiger partial charge in [0.05, 0.1) is 11.3 Å². The number of ether oxygens (including phenoxy) is 1. The molecule has 0 aliphatic heterocycles. The van der Waals surface area contributed by atoms with Crippen molar-refractivity contribution in [3.63, 3.8) is 0 Å². The summed E-state index contributed by atoms with van der Waals surface area (Å²) in [6, 6.07) is 12.2. The van der Waals surface area contributed by atoms with Crippen LogP contribution in [0.2, 0.25) is 0 Å². The van der Waals surface area contributed by atoms with Crippen molar-refractivity contribution < 1.29 is 22.7 Å². The lowest BCUT2D eigenvalue weighted by atomic mass is 10.1. The van der Waals surface area contributed by atoms with Gasteiger partial charge in [0.25, 0.3) is 5.91 Å². The van der Waals surface area contributed by atoms with Crippen LogP contribution in [0.15, 0.2) is 47.4 Å². The largest absolute Gasteiger partial charge is 0.453 e. The van der Waals surface area contributed by atoms with Crippen LogP contribution in [0, 0.1) is 0 Å². The van der Waals surface area contributed by atoms with Crippen LogP contribution in [0.3, 0.4) is 0 Å². The molecule has 0 aliphatic carbocycles. The van der Waals surface area contributed by atoms with Gasteiger partial charge in [-0.1, -0.05) is 30.3 Å². The third-order valence-electron chi connectivity index (χ3n) is 3.76. The van der Waals surface area contributed by atoms with Gasteiger partial charge in [0.15, 0.2) is 6.10 Å². The Bertz CT molecular complexity index is 925. The van der Waals surface area contributed by atoms with E-state index < -0.39 is 28.0 Å². The van der Waals surface area contributed by atoms with E-state index in [1.54, 1.807) is 26.0 Å². The van der Waals surface area contributed by atoms with E-state index in [9.17, 15) is 18.0 Å². The number of esters is 1. The number of amides is 1. The smallest absolute Gasteiger partial charge is 0.307 e. The molecule has 2 aromatic rings. The summed E-state index contributed by atoms with van der Waals surface area (Å²) < 4.78 is 32.1. The molecule has 1 unspecified atom stereocenters.